The number of rotatable bonds is 6. The summed E-state index contributed by atoms with van der Waals surface area (Å²) < 4.78 is 5.20. The van der Waals surface area contributed by atoms with Crippen molar-refractivity contribution < 1.29 is 4.52 Å². The maximum Gasteiger partial charge on any atom is 0.228 e. The van der Waals surface area contributed by atoms with Gasteiger partial charge < -0.3 is 15.2 Å². The topological polar surface area (TPSA) is 75.3 Å². The summed E-state index contributed by atoms with van der Waals surface area (Å²) in [6.45, 7) is 5.55. The van der Waals surface area contributed by atoms with Gasteiger partial charge in [-0.2, -0.15) is 16.3 Å². The third kappa shape index (κ3) is 5.91. The van der Waals surface area contributed by atoms with Gasteiger partial charge in [-0.15, -0.1) is 24.0 Å². The Kier molecular flexibility index (Phi) is 8.39. The number of hydrogen-bond donors (Lipinski definition) is 2. The largest absolute Gasteiger partial charge is 0.356 e. The predicted octanol–water partition coefficient (Wildman–Crippen LogP) is 2.78. The van der Waals surface area contributed by atoms with Crippen LogP contribution in [0.1, 0.15) is 37.0 Å². The van der Waals surface area contributed by atoms with E-state index in [-0.39, 0.29) is 29.9 Å². The number of aromatic nitrogens is 2. The summed E-state index contributed by atoms with van der Waals surface area (Å²) in [5.41, 5.74) is 1.25. The molecular formula is C14H22IN5OS. The molecule has 0 atom stereocenters. The third-order valence-corrected chi connectivity index (χ3v) is 3.63. The predicted molar refractivity (Wildman–Crippen MR) is 100 cm³/mol. The lowest BCUT2D eigenvalue weighted by Gasteiger charge is -2.10. The first kappa shape index (κ1) is 18.9. The minimum atomic E-state index is 0. The number of halogens is 1. The molecular weight excluding hydrogens is 413 g/mol. The molecule has 6 nitrogen and oxygen atoms in total. The van der Waals surface area contributed by atoms with Crippen LogP contribution in [0.5, 0.6) is 0 Å². The van der Waals surface area contributed by atoms with Crippen LogP contribution in [0, 0.1) is 0 Å². The van der Waals surface area contributed by atoms with Crippen LogP contribution < -0.4 is 10.6 Å². The Balaban J connectivity index is 0.00000242. The summed E-state index contributed by atoms with van der Waals surface area (Å²) in [4.78, 5) is 8.53. The fourth-order valence-corrected chi connectivity index (χ4v) is 2.36. The lowest BCUT2D eigenvalue weighted by molar-refractivity contribution is 0.371. The first-order chi connectivity index (χ1) is 10.2. The summed E-state index contributed by atoms with van der Waals surface area (Å²) in [6.07, 6.45) is 0.679. The Labute approximate surface area is 151 Å². The van der Waals surface area contributed by atoms with Crippen LogP contribution in [0.3, 0.4) is 0 Å². The summed E-state index contributed by atoms with van der Waals surface area (Å²) in [6, 6.07) is 2.09. The molecule has 22 heavy (non-hydrogen) atoms. The van der Waals surface area contributed by atoms with Gasteiger partial charge in [-0.25, -0.2) is 0 Å². The van der Waals surface area contributed by atoms with E-state index < -0.39 is 0 Å². The van der Waals surface area contributed by atoms with Crippen molar-refractivity contribution in [3.05, 3.63) is 34.1 Å². The van der Waals surface area contributed by atoms with Crippen LogP contribution in [-0.2, 0) is 13.0 Å². The van der Waals surface area contributed by atoms with Gasteiger partial charge in [0.25, 0.3) is 0 Å². The van der Waals surface area contributed by atoms with E-state index in [4.69, 9.17) is 4.52 Å². The molecule has 0 spiro atoms. The van der Waals surface area contributed by atoms with Crippen molar-refractivity contribution in [2.24, 2.45) is 4.99 Å². The van der Waals surface area contributed by atoms with Gasteiger partial charge in [-0.3, -0.25) is 4.99 Å². The van der Waals surface area contributed by atoms with Crippen LogP contribution in [0.2, 0.25) is 0 Å². The van der Waals surface area contributed by atoms with E-state index in [0.29, 0.717) is 18.9 Å². The standard InChI is InChI=1S/C14H21N5OS.HI/c1-10(2)13-18-12(20-19-13)4-6-16-14(15-3)17-8-11-5-7-21-9-11;/h5,7,9-10H,4,6,8H2,1-3H3,(H2,15,16,17);1H. The van der Waals surface area contributed by atoms with E-state index in [0.717, 1.165) is 18.3 Å². The minimum Gasteiger partial charge on any atom is -0.356 e. The second-order valence-electron chi connectivity index (χ2n) is 4.94. The highest BCUT2D eigenvalue weighted by molar-refractivity contribution is 14.0. The van der Waals surface area contributed by atoms with Crippen molar-refractivity contribution in [2.75, 3.05) is 13.6 Å². The first-order valence-electron chi connectivity index (χ1n) is 6.97. The molecule has 8 heteroatoms. The van der Waals surface area contributed by atoms with E-state index in [1.807, 2.05) is 13.8 Å². The molecule has 0 bridgehead atoms. The maximum absolute atomic E-state index is 5.20. The summed E-state index contributed by atoms with van der Waals surface area (Å²) in [5, 5.41) is 14.6. The molecule has 0 aliphatic rings. The van der Waals surface area contributed by atoms with E-state index >= 15 is 0 Å². The quantitative estimate of drug-likeness (QED) is 0.415. The van der Waals surface area contributed by atoms with Crippen LogP contribution in [-0.4, -0.2) is 29.7 Å². The Morgan fingerprint density at radius 3 is 2.82 bits per heavy atom. The van der Waals surface area contributed by atoms with Gasteiger partial charge in [0.2, 0.25) is 5.89 Å². The molecule has 0 aliphatic heterocycles. The number of aliphatic imine (C=N–C) groups is 1. The van der Waals surface area contributed by atoms with Gasteiger partial charge >= 0.3 is 0 Å². The van der Waals surface area contributed by atoms with E-state index in [2.05, 4.69) is 42.6 Å². The van der Waals surface area contributed by atoms with Crippen molar-refractivity contribution in [3.8, 4) is 0 Å². The summed E-state index contributed by atoms with van der Waals surface area (Å²) >= 11 is 1.69. The van der Waals surface area contributed by atoms with Crippen LogP contribution in [0.15, 0.2) is 26.3 Å². The lowest BCUT2D eigenvalue weighted by atomic mass is 10.2. The summed E-state index contributed by atoms with van der Waals surface area (Å²) in [5.74, 6) is 2.46. The zero-order valence-corrected chi connectivity index (χ0v) is 16.1. The fourth-order valence-electron chi connectivity index (χ4n) is 1.69. The Bertz CT molecular complexity index is 568. The maximum atomic E-state index is 5.20. The number of hydrogen-bond acceptors (Lipinski definition) is 5. The van der Waals surface area contributed by atoms with Crippen molar-refractivity contribution in [1.82, 2.24) is 20.8 Å². The molecule has 0 saturated carbocycles. The second kappa shape index (κ2) is 9.78. The number of nitrogens with one attached hydrogen (secondary N) is 2. The fraction of sp³-hybridized carbons (Fsp3) is 0.500. The normalized spacial score (nSPS) is 11.4. The van der Waals surface area contributed by atoms with Gasteiger partial charge in [-0.05, 0) is 22.4 Å². The molecule has 0 radical (unpaired) electrons. The van der Waals surface area contributed by atoms with Crippen LogP contribution in [0.25, 0.3) is 0 Å². The first-order valence-corrected chi connectivity index (χ1v) is 7.91. The highest BCUT2D eigenvalue weighted by Crippen LogP contribution is 2.09. The van der Waals surface area contributed by atoms with Crippen molar-refractivity contribution in [1.29, 1.82) is 0 Å². The zero-order valence-electron chi connectivity index (χ0n) is 13.0. The molecule has 0 amide bonds. The lowest BCUT2D eigenvalue weighted by Crippen LogP contribution is -2.37. The molecule has 0 fully saturated rings. The summed E-state index contributed by atoms with van der Waals surface area (Å²) in [7, 11) is 1.76. The highest BCUT2D eigenvalue weighted by Gasteiger charge is 2.09. The molecule has 2 aromatic heterocycles. The average molecular weight is 435 g/mol. The van der Waals surface area contributed by atoms with E-state index in [9.17, 15) is 0 Å². The Morgan fingerprint density at radius 2 is 2.23 bits per heavy atom. The van der Waals surface area contributed by atoms with Crippen LogP contribution >= 0.6 is 35.3 Å². The van der Waals surface area contributed by atoms with Crippen molar-refractivity contribution in [3.63, 3.8) is 0 Å². The number of guanidine groups is 1. The molecule has 0 unspecified atom stereocenters. The van der Waals surface area contributed by atoms with Crippen molar-refractivity contribution in [2.45, 2.75) is 32.7 Å². The Hall–Kier alpha value is -1.16. The van der Waals surface area contributed by atoms with Gasteiger partial charge in [0, 0.05) is 32.5 Å². The third-order valence-electron chi connectivity index (χ3n) is 2.90. The van der Waals surface area contributed by atoms with Crippen molar-refractivity contribution >= 4 is 41.3 Å². The van der Waals surface area contributed by atoms with Gasteiger partial charge in [0.15, 0.2) is 11.8 Å². The highest BCUT2D eigenvalue weighted by atomic mass is 127. The van der Waals surface area contributed by atoms with Crippen LogP contribution in [0.4, 0.5) is 0 Å². The molecule has 0 aliphatic carbocycles. The smallest absolute Gasteiger partial charge is 0.228 e. The SMILES string of the molecule is CN=C(NCCc1nc(C(C)C)no1)NCc1ccsc1.I. The van der Waals surface area contributed by atoms with Gasteiger partial charge in [-0.1, -0.05) is 19.0 Å². The number of nitrogens with zero attached hydrogens (tertiary/aromatic N) is 3. The molecule has 2 heterocycles. The number of thiophene rings is 1. The molecule has 0 saturated heterocycles. The molecule has 2 aromatic rings. The Morgan fingerprint density at radius 1 is 1.41 bits per heavy atom. The monoisotopic (exact) mass is 435 g/mol. The molecule has 122 valence electrons. The zero-order chi connectivity index (χ0) is 15.1. The second-order valence-corrected chi connectivity index (χ2v) is 5.72. The van der Waals surface area contributed by atoms with E-state index in [1.165, 1.54) is 5.56 Å². The molecule has 2 rings (SSSR count). The average Bonchev–Trinajstić information content (AvgIpc) is 3.13. The molecule has 0 aromatic carbocycles. The van der Waals surface area contributed by atoms with Gasteiger partial charge in [0.1, 0.15) is 0 Å². The van der Waals surface area contributed by atoms with E-state index in [1.54, 1.807) is 18.4 Å². The minimum absolute atomic E-state index is 0. The molecule has 2 N–H and O–H groups in total. The van der Waals surface area contributed by atoms with Gasteiger partial charge in [0.05, 0.1) is 0 Å².